The van der Waals surface area contributed by atoms with Gasteiger partial charge in [-0.25, -0.2) is 4.98 Å². The molecule has 1 saturated heterocycles. The molecule has 1 aromatic carbocycles. The van der Waals surface area contributed by atoms with Gasteiger partial charge in [0.15, 0.2) is 0 Å². The van der Waals surface area contributed by atoms with Crippen molar-refractivity contribution in [2.75, 3.05) is 18.4 Å². The summed E-state index contributed by atoms with van der Waals surface area (Å²) in [6.45, 7) is 3.75. The number of carbonyl (C=O) groups excluding carboxylic acids is 1. The van der Waals surface area contributed by atoms with Gasteiger partial charge in [-0.1, -0.05) is 6.07 Å². The molecule has 3 rings (SSSR count). The molecule has 2 heterocycles. The van der Waals surface area contributed by atoms with Crippen LogP contribution in [-0.2, 0) is 0 Å². The molecular weight excluding hydrogens is 342 g/mol. The summed E-state index contributed by atoms with van der Waals surface area (Å²) in [7, 11) is 0. The third kappa shape index (κ3) is 3.30. The second kappa shape index (κ2) is 6.48. The van der Waals surface area contributed by atoms with Crippen molar-refractivity contribution in [1.82, 2.24) is 9.88 Å². The molecule has 0 spiro atoms. The molecule has 4 nitrogen and oxygen atoms in total. The zero-order chi connectivity index (χ0) is 15.5. The largest absolute Gasteiger partial charge is 0.339 e. The molecular formula is C17H18BrN3O. The summed E-state index contributed by atoms with van der Waals surface area (Å²) in [5.74, 6) is 0.764. The number of benzene rings is 1. The Labute approximate surface area is 138 Å². The first-order valence-electron chi connectivity index (χ1n) is 7.42. The van der Waals surface area contributed by atoms with Gasteiger partial charge < -0.3 is 10.2 Å². The van der Waals surface area contributed by atoms with Crippen LogP contribution in [0.25, 0.3) is 0 Å². The number of anilines is 2. The van der Waals surface area contributed by atoms with E-state index in [9.17, 15) is 4.79 Å². The maximum absolute atomic E-state index is 12.4. The number of nitrogens with zero attached hydrogens (tertiary/aromatic N) is 2. The molecule has 0 radical (unpaired) electrons. The number of aromatic nitrogens is 1. The van der Waals surface area contributed by atoms with E-state index in [0.29, 0.717) is 11.4 Å². The number of hydrogen-bond donors (Lipinski definition) is 1. The van der Waals surface area contributed by atoms with E-state index in [-0.39, 0.29) is 5.91 Å². The van der Waals surface area contributed by atoms with Crippen molar-refractivity contribution in [3.05, 3.63) is 52.1 Å². The van der Waals surface area contributed by atoms with Gasteiger partial charge in [0.1, 0.15) is 5.82 Å². The molecule has 1 fully saturated rings. The molecule has 1 N–H and O–H groups in total. The van der Waals surface area contributed by atoms with Gasteiger partial charge in [0.05, 0.1) is 5.69 Å². The minimum absolute atomic E-state index is 0.0888. The van der Waals surface area contributed by atoms with Gasteiger partial charge in [-0.3, -0.25) is 4.79 Å². The summed E-state index contributed by atoms with van der Waals surface area (Å²) < 4.78 is 0.977. The van der Waals surface area contributed by atoms with E-state index in [2.05, 4.69) is 26.2 Å². The Morgan fingerprint density at radius 1 is 1.23 bits per heavy atom. The first-order valence-corrected chi connectivity index (χ1v) is 8.21. The molecule has 0 bridgehead atoms. The molecule has 1 amide bonds. The highest BCUT2D eigenvalue weighted by Gasteiger charge is 2.19. The minimum atomic E-state index is 0.0888. The Morgan fingerprint density at radius 3 is 2.73 bits per heavy atom. The quantitative estimate of drug-likeness (QED) is 0.895. The number of nitrogens with one attached hydrogen (secondary N) is 1. The second-order valence-corrected chi connectivity index (χ2v) is 6.39. The van der Waals surface area contributed by atoms with Gasteiger partial charge in [-0.15, -0.1) is 0 Å². The van der Waals surface area contributed by atoms with Gasteiger partial charge in [-0.2, -0.15) is 0 Å². The van der Waals surface area contributed by atoms with Crippen molar-refractivity contribution in [1.29, 1.82) is 0 Å². The first kappa shape index (κ1) is 15.0. The monoisotopic (exact) mass is 359 g/mol. The van der Waals surface area contributed by atoms with E-state index in [0.717, 1.165) is 36.1 Å². The van der Waals surface area contributed by atoms with Crippen molar-refractivity contribution in [3.63, 3.8) is 0 Å². The summed E-state index contributed by atoms with van der Waals surface area (Å²) in [5.41, 5.74) is 2.80. The number of hydrogen-bond acceptors (Lipinski definition) is 3. The topological polar surface area (TPSA) is 45.2 Å². The summed E-state index contributed by atoms with van der Waals surface area (Å²) in [6.07, 6.45) is 3.87. The highest BCUT2D eigenvalue weighted by molar-refractivity contribution is 9.10. The molecule has 5 heteroatoms. The number of carbonyl (C=O) groups is 1. The summed E-state index contributed by atoms with van der Waals surface area (Å²) in [6, 6.07) is 9.66. The van der Waals surface area contributed by atoms with Crippen LogP contribution >= 0.6 is 15.9 Å². The van der Waals surface area contributed by atoms with Crippen LogP contribution in [0.3, 0.4) is 0 Å². The van der Waals surface area contributed by atoms with Gasteiger partial charge >= 0.3 is 0 Å². The van der Waals surface area contributed by atoms with E-state index in [1.165, 1.54) is 5.56 Å². The number of amides is 1. The SMILES string of the molecule is Cc1ccc(Nc2cc(C(=O)N3CCCC3)ccn2)c(Br)c1. The lowest BCUT2D eigenvalue weighted by Gasteiger charge is -2.16. The number of rotatable bonds is 3. The fourth-order valence-electron chi connectivity index (χ4n) is 2.59. The highest BCUT2D eigenvalue weighted by atomic mass is 79.9. The molecule has 114 valence electrons. The molecule has 0 atom stereocenters. The Hall–Kier alpha value is -1.88. The summed E-state index contributed by atoms with van der Waals surface area (Å²) in [5, 5.41) is 3.26. The van der Waals surface area contributed by atoms with E-state index < -0.39 is 0 Å². The minimum Gasteiger partial charge on any atom is -0.339 e. The smallest absolute Gasteiger partial charge is 0.254 e. The van der Waals surface area contributed by atoms with E-state index in [1.807, 2.05) is 36.1 Å². The Bertz CT molecular complexity index is 696. The van der Waals surface area contributed by atoms with Crippen LogP contribution in [0.15, 0.2) is 41.0 Å². The van der Waals surface area contributed by atoms with Gasteiger partial charge in [0.2, 0.25) is 0 Å². The molecule has 1 aliphatic rings. The number of halogens is 1. The standard InChI is InChI=1S/C17H18BrN3O/c1-12-4-5-15(14(18)10-12)20-16-11-13(6-7-19-16)17(22)21-8-2-3-9-21/h4-7,10-11H,2-3,8-9H2,1H3,(H,19,20). The van der Waals surface area contributed by atoms with Gasteiger partial charge in [0, 0.05) is 29.3 Å². The van der Waals surface area contributed by atoms with Crippen molar-refractivity contribution >= 4 is 33.3 Å². The van der Waals surface area contributed by atoms with Crippen molar-refractivity contribution in [2.45, 2.75) is 19.8 Å². The Morgan fingerprint density at radius 2 is 2.00 bits per heavy atom. The van der Waals surface area contributed by atoms with Crippen molar-refractivity contribution < 1.29 is 4.79 Å². The van der Waals surface area contributed by atoms with E-state index in [4.69, 9.17) is 0 Å². The molecule has 1 aromatic heterocycles. The predicted octanol–water partition coefficient (Wildman–Crippen LogP) is 4.13. The first-order chi connectivity index (χ1) is 10.6. The maximum atomic E-state index is 12.4. The van der Waals surface area contributed by atoms with E-state index in [1.54, 1.807) is 12.3 Å². The lowest BCUT2D eigenvalue weighted by Crippen LogP contribution is -2.27. The van der Waals surface area contributed by atoms with Crippen LogP contribution in [0.1, 0.15) is 28.8 Å². The van der Waals surface area contributed by atoms with Crippen LogP contribution in [0, 0.1) is 6.92 Å². The lowest BCUT2D eigenvalue weighted by molar-refractivity contribution is 0.0793. The van der Waals surface area contributed by atoms with E-state index >= 15 is 0 Å². The van der Waals surface area contributed by atoms with Crippen LogP contribution in [0.4, 0.5) is 11.5 Å². The normalized spacial score (nSPS) is 14.2. The summed E-state index contributed by atoms with van der Waals surface area (Å²) in [4.78, 5) is 18.6. The van der Waals surface area contributed by atoms with Gasteiger partial charge in [0.25, 0.3) is 5.91 Å². The number of likely N-dealkylation sites (tertiary alicyclic amines) is 1. The average molecular weight is 360 g/mol. The fourth-order valence-corrected chi connectivity index (χ4v) is 3.19. The predicted molar refractivity (Wildman–Crippen MR) is 91.5 cm³/mol. The Balaban J connectivity index is 1.80. The third-order valence-electron chi connectivity index (χ3n) is 3.79. The van der Waals surface area contributed by atoms with Gasteiger partial charge in [-0.05, 0) is 65.5 Å². The third-order valence-corrected chi connectivity index (χ3v) is 4.44. The highest BCUT2D eigenvalue weighted by Crippen LogP contribution is 2.26. The average Bonchev–Trinajstić information content (AvgIpc) is 3.04. The fraction of sp³-hybridized carbons (Fsp3) is 0.294. The zero-order valence-corrected chi connectivity index (χ0v) is 14.1. The molecule has 2 aromatic rings. The second-order valence-electron chi connectivity index (χ2n) is 5.54. The molecule has 0 unspecified atom stereocenters. The number of pyridine rings is 1. The Kier molecular flexibility index (Phi) is 4.43. The molecule has 22 heavy (non-hydrogen) atoms. The van der Waals surface area contributed by atoms with Crippen LogP contribution in [0.2, 0.25) is 0 Å². The lowest BCUT2D eigenvalue weighted by atomic mass is 10.2. The molecule has 0 saturated carbocycles. The molecule has 1 aliphatic heterocycles. The maximum Gasteiger partial charge on any atom is 0.254 e. The van der Waals surface area contributed by atoms with Crippen LogP contribution < -0.4 is 5.32 Å². The van der Waals surface area contributed by atoms with Crippen molar-refractivity contribution in [2.24, 2.45) is 0 Å². The molecule has 0 aliphatic carbocycles. The van der Waals surface area contributed by atoms with Crippen LogP contribution in [-0.4, -0.2) is 28.9 Å². The zero-order valence-electron chi connectivity index (χ0n) is 12.5. The summed E-state index contributed by atoms with van der Waals surface area (Å²) >= 11 is 3.54. The van der Waals surface area contributed by atoms with Crippen molar-refractivity contribution in [3.8, 4) is 0 Å². The van der Waals surface area contributed by atoms with Crippen LogP contribution in [0.5, 0.6) is 0 Å². The number of aryl methyl sites for hydroxylation is 1.